The van der Waals surface area contributed by atoms with E-state index in [0.717, 1.165) is 22.4 Å². The number of benzene rings is 1. The van der Waals surface area contributed by atoms with Crippen LogP contribution in [-0.4, -0.2) is 52.1 Å². The number of rotatable bonds is 11. The molecule has 9 heteroatoms. The third-order valence-electron chi connectivity index (χ3n) is 6.35. The van der Waals surface area contributed by atoms with Gasteiger partial charge >= 0.3 is 0 Å². The number of nitriles is 1. The molecule has 3 heterocycles. The Morgan fingerprint density at radius 2 is 1.92 bits per heavy atom. The van der Waals surface area contributed by atoms with Crippen LogP contribution < -0.4 is 5.32 Å². The quantitative estimate of drug-likeness (QED) is 0.288. The minimum absolute atomic E-state index is 0. The molecular formula is C29H36N6O3. The molecule has 0 amide bonds. The summed E-state index contributed by atoms with van der Waals surface area (Å²) in [6.45, 7) is 7.52. The molecule has 9 nitrogen and oxygen atoms in total. The number of hydrogen-bond acceptors (Lipinski definition) is 9. The number of pyridine rings is 1. The molecule has 0 saturated carbocycles. The van der Waals surface area contributed by atoms with Crippen molar-refractivity contribution in [3.05, 3.63) is 71.8 Å². The Morgan fingerprint density at radius 3 is 2.63 bits per heavy atom. The Kier molecular flexibility index (Phi) is 8.59. The molecule has 4 rings (SSSR count). The average Bonchev–Trinajstić information content (AvgIpc) is 3.43. The van der Waals surface area contributed by atoms with Gasteiger partial charge < -0.3 is 19.7 Å². The number of aryl methyl sites for hydroxylation is 1. The lowest BCUT2D eigenvalue weighted by atomic mass is 9.90. The molecule has 3 aromatic heterocycles. The molecule has 4 aromatic rings. The van der Waals surface area contributed by atoms with E-state index in [1.165, 1.54) is 0 Å². The second-order valence-corrected chi connectivity index (χ2v) is 9.76. The van der Waals surface area contributed by atoms with Crippen LogP contribution in [0.25, 0.3) is 34.0 Å². The van der Waals surface area contributed by atoms with Crippen LogP contribution in [0.5, 0.6) is 0 Å². The molecule has 0 aliphatic rings. The highest BCUT2D eigenvalue weighted by atomic mass is 16.5. The van der Waals surface area contributed by atoms with Crippen molar-refractivity contribution in [3.63, 3.8) is 0 Å². The van der Waals surface area contributed by atoms with Gasteiger partial charge in [-0.15, -0.1) is 0 Å². The third kappa shape index (κ3) is 6.29. The molecule has 2 N–H and O–H groups in total. The number of aliphatic hydroxyl groups excluding tert-OH is 1. The van der Waals surface area contributed by atoms with Gasteiger partial charge in [0.1, 0.15) is 11.4 Å². The van der Waals surface area contributed by atoms with Crippen LogP contribution in [0.1, 0.15) is 33.7 Å². The van der Waals surface area contributed by atoms with Gasteiger partial charge in [-0.25, -0.2) is 4.98 Å². The summed E-state index contributed by atoms with van der Waals surface area (Å²) < 4.78 is 10.8. The third-order valence-corrected chi connectivity index (χ3v) is 6.35. The number of aromatic nitrogens is 4. The molecule has 1 aromatic carbocycles. The van der Waals surface area contributed by atoms with Gasteiger partial charge in [0, 0.05) is 59.0 Å². The van der Waals surface area contributed by atoms with Gasteiger partial charge in [0.15, 0.2) is 5.76 Å². The smallest absolute Gasteiger partial charge is 0.187 e. The Bertz CT molecular complexity index is 1420. The number of nitrogens with one attached hydrogen (secondary N) is 1. The van der Waals surface area contributed by atoms with E-state index in [1.807, 2.05) is 63.2 Å². The van der Waals surface area contributed by atoms with E-state index >= 15 is 0 Å². The lowest BCUT2D eigenvalue weighted by Crippen LogP contribution is -2.27. The van der Waals surface area contributed by atoms with Gasteiger partial charge in [0.25, 0.3) is 0 Å². The van der Waals surface area contributed by atoms with Crippen LogP contribution in [0.2, 0.25) is 0 Å². The molecule has 0 aliphatic heterocycles. The van der Waals surface area contributed by atoms with Gasteiger partial charge in [0.05, 0.1) is 41.4 Å². The van der Waals surface area contributed by atoms with Crippen molar-refractivity contribution in [2.45, 2.75) is 32.7 Å². The lowest BCUT2D eigenvalue weighted by molar-refractivity contribution is 0.109. The van der Waals surface area contributed by atoms with E-state index in [0.29, 0.717) is 48.2 Å². The van der Waals surface area contributed by atoms with Crippen LogP contribution in [0.15, 0.2) is 59.4 Å². The Morgan fingerprint density at radius 1 is 1.13 bits per heavy atom. The fourth-order valence-electron chi connectivity index (χ4n) is 3.96. The zero-order valence-electron chi connectivity index (χ0n) is 22.1. The first-order chi connectivity index (χ1) is 18.3. The molecule has 0 fully saturated rings. The second kappa shape index (κ2) is 12.0. The molecule has 38 heavy (non-hydrogen) atoms. The van der Waals surface area contributed by atoms with Crippen molar-refractivity contribution in [2.75, 3.05) is 26.9 Å². The van der Waals surface area contributed by atoms with Crippen molar-refractivity contribution >= 4 is 0 Å². The van der Waals surface area contributed by atoms with Gasteiger partial charge in [0.2, 0.25) is 0 Å². The Hall–Kier alpha value is -3.97. The molecule has 1 atom stereocenters. The van der Waals surface area contributed by atoms with Crippen molar-refractivity contribution in [2.24, 2.45) is 5.92 Å². The Labute approximate surface area is 225 Å². The van der Waals surface area contributed by atoms with Gasteiger partial charge in [-0.2, -0.15) is 5.26 Å². The van der Waals surface area contributed by atoms with Crippen LogP contribution in [0.4, 0.5) is 0 Å². The zero-order chi connectivity index (χ0) is 27.1. The normalized spacial score (nSPS) is 12.3. The summed E-state index contributed by atoms with van der Waals surface area (Å²) in [7, 11) is 1.64. The summed E-state index contributed by atoms with van der Waals surface area (Å²) in [5, 5.41) is 26.5. The summed E-state index contributed by atoms with van der Waals surface area (Å²) in [6, 6.07) is 16.0. The van der Waals surface area contributed by atoms with E-state index < -0.39 is 5.41 Å². The SMILES string of the molecule is COCC(CO)CNCc1ccc(-c2cc(-c3nc(-c4ccnc(C(C)(C)C#N)c4)cnc3C)on2)cc1.[HH].[HH]. The van der Waals surface area contributed by atoms with E-state index in [-0.39, 0.29) is 15.4 Å². The fourth-order valence-corrected chi connectivity index (χ4v) is 3.96. The first-order valence-electron chi connectivity index (χ1n) is 12.4. The van der Waals surface area contributed by atoms with Gasteiger partial charge in [-0.05, 0) is 38.5 Å². The highest BCUT2D eigenvalue weighted by Gasteiger charge is 2.22. The van der Waals surface area contributed by atoms with E-state index in [2.05, 4.69) is 26.5 Å². The molecule has 0 aliphatic carbocycles. The summed E-state index contributed by atoms with van der Waals surface area (Å²) >= 11 is 0. The van der Waals surface area contributed by atoms with Crippen LogP contribution in [0, 0.1) is 24.2 Å². The standard InChI is InChI=1S/C29H32N6O3.2H2/c1-19-28(34-25(15-33-19)23-9-10-32-27(11-23)29(2,3)18-30)26-12-24(35-38-26)22-7-5-20(6-8-22)13-31-14-21(16-36)17-37-4;;/h5-12,15,21,31,36H,13-14,16-17H2,1-4H3;2*1H. The summed E-state index contributed by atoms with van der Waals surface area (Å²) in [5.41, 5.74) is 5.52. The van der Waals surface area contributed by atoms with Crippen molar-refractivity contribution in [3.8, 4) is 40.0 Å². The fraction of sp³-hybridized carbons (Fsp3) is 0.345. The van der Waals surface area contributed by atoms with E-state index in [1.54, 1.807) is 19.5 Å². The van der Waals surface area contributed by atoms with Crippen LogP contribution >= 0.6 is 0 Å². The predicted octanol–water partition coefficient (Wildman–Crippen LogP) is 4.81. The average molecular weight is 517 g/mol. The first-order valence-corrected chi connectivity index (χ1v) is 12.4. The molecular weight excluding hydrogens is 480 g/mol. The number of ether oxygens (including phenoxy) is 1. The number of methoxy groups -OCH3 is 1. The zero-order valence-corrected chi connectivity index (χ0v) is 22.1. The highest BCUT2D eigenvalue weighted by Crippen LogP contribution is 2.30. The summed E-state index contributed by atoms with van der Waals surface area (Å²) in [5.74, 6) is 0.598. The number of nitrogens with zero attached hydrogens (tertiary/aromatic N) is 5. The van der Waals surface area contributed by atoms with E-state index in [4.69, 9.17) is 14.2 Å². The van der Waals surface area contributed by atoms with Crippen molar-refractivity contribution in [1.29, 1.82) is 5.26 Å². The minimum atomic E-state index is -0.714. The summed E-state index contributed by atoms with van der Waals surface area (Å²) in [4.78, 5) is 13.7. The largest absolute Gasteiger partial charge is 0.396 e. The Balaban J connectivity index is 0.00000280. The second-order valence-electron chi connectivity index (χ2n) is 9.76. The lowest BCUT2D eigenvalue weighted by Gasteiger charge is -2.15. The minimum Gasteiger partial charge on any atom is -0.396 e. The van der Waals surface area contributed by atoms with Crippen molar-refractivity contribution in [1.82, 2.24) is 25.4 Å². The number of aliphatic hydroxyl groups is 1. The maximum Gasteiger partial charge on any atom is 0.187 e. The molecule has 0 spiro atoms. The first kappa shape index (κ1) is 27.1. The molecule has 0 saturated heterocycles. The summed E-state index contributed by atoms with van der Waals surface area (Å²) in [6.07, 6.45) is 3.39. The molecule has 1 unspecified atom stereocenters. The highest BCUT2D eigenvalue weighted by molar-refractivity contribution is 5.68. The topological polar surface area (TPSA) is 130 Å². The predicted molar refractivity (Wildman–Crippen MR) is 148 cm³/mol. The monoisotopic (exact) mass is 516 g/mol. The van der Waals surface area contributed by atoms with Gasteiger partial charge in [-0.1, -0.05) is 29.4 Å². The maximum absolute atomic E-state index is 9.48. The van der Waals surface area contributed by atoms with Gasteiger partial charge in [-0.3, -0.25) is 9.97 Å². The van der Waals surface area contributed by atoms with Crippen LogP contribution in [0.3, 0.4) is 0 Å². The van der Waals surface area contributed by atoms with Crippen LogP contribution in [-0.2, 0) is 16.7 Å². The molecule has 200 valence electrons. The van der Waals surface area contributed by atoms with Crippen molar-refractivity contribution < 1.29 is 17.2 Å². The molecule has 0 bridgehead atoms. The molecule has 0 radical (unpaired) electrons. The van der Waals surface area contributed by atoms with E-state index in [9.17, 15) is 10.4 Å². The maximum atomic E-state index is 9.48. The number of hydrogen-bond donors (Lipinski definition) is 2.